The van der Waals surface area contributed by atoms with Crippen molar-refractivity contribution < 1.29 is 26.9 Å². The average molecular weight is 317 g/mol. The van der Waals surface area contributed by atoms with Gasteiger partial charge in [0.25, 0.3) is 10.1 Å². The number of amides is 1. The molecule has 0 radical (unpaired) electrons. The summed E-state index contributed by atoms with van der Waals surface area (Å²) < 4.78 is 38.7. The molecule has 1 saturated heterocycles. The normalized spacial score (nSPS) is 33.2. The molecule has 1 fully saturated rings. The molecule has 1 spiro atoms. The van der Waals surface area contributed by atoms with E-state index in [0.29, 0.717) is 19.4 Å². The number of allylic oxidation sites excluding steroid dienone is 1. The molecular formula is C13H19NO6S. The van der Waals surface area contributed by atoms with Gasteiger partial charge in [-0.3, -0.25) is 8.98 Å². The SMILES string of the molecule is CS(=O)(=O)OCC1COC2(CCCC3=C2CCC(=O)N3)O1. The highest BCUT2D eigenvalue weighted by Gasteiger charge is 2.48. The summed E-state index contributed by atoms with van der Waals surface area (Å²) in [5.74, 6) is -0.784. The van der Waals surface area contributed by atoms with Crippen LogP contribution in [0.2, 0.25) is 0 Å². The number of hydrogen-bond donors (Lipinski definition) is 1. The molecule has 2 aliphatic heterocycles. The molecule has 7 nitrogen and oxygen atoms in total. The monoisotopic (exact) mass is 317 g/mol. The van der Waals surface area contributed by atoms with E-state index in [-0.39, 0.29) is 12.5 Å². The lowest BCUT2D eigenvalue weighted by Crippen LogP contribution is -2.43. The Morgan fingerprint density at radius 1 is 1.38 bits per heavy atom. The summed E-state index contributed by atoms with van der Waals surface area (Å²) in [5, 5.41) is 2.89. The van der Waals surface area contributed by atoms with Gasteiger partial charge in [0.05, 0.1) is 19.5 Å². The van der Waals surface area contributed by atoms with Crippen LogP contribution >= 0.6 is 0 Å². The van der Waals surface area contributed by atoms with Gasteiger partial charge in [0, 0.05) is 24.1 Å². The Hall–Kier alpha value is -0.960. The minimum absolute atomic E-state index is 0.0285. The quantitative estimate of drug-likeness (QED) is 0.759. The zero-order valence-corrected chi connectivity index (χ0v) is 12.7. The number of fused-ring (bicyclic) bond motifs is 1. The molecule has 1 N–H and O–H groups in total. The van der Waals surface area contributed by atoms with E-state index in [1.165, 1.54) is 0 Å². The summed E-state index contributed by atoms with van der Waals surface area (Å²) in [5.41, 5.74) is 1.90. The van der Waals surface area contributed by atoms with E-state index in [2.05, 4.69) is 5.32 Å². The molecule has 0 aromatic carbocycles. The Morgan fingerprint density at radius 2 is 2.19 bits per heavy atom. The number of ether oxygens (including phenoxy) is 2. The smallest absolute Gasteiger partial charge is 0.264 e. The standard InChI is InChI=1S/C13H19NO6S/c1-21(16,17)19-8-9-7-18-13(20-9)6-2-3-11-10(13)4-5-12(15)14-11/h9H,2-8H2,1H3,(H,14,15). The maximum Gasteiger partial charge on any atom is 0.264 e. The lowest BCUT2D eigenvalue weighted by Gasteiger charge is -2.38. The fraction of sp³-hybridized carbons (Fsp3) is 0.769. The van der Waals surface area contributed by atoms with Crippen LogP contribution < -0.4 is 5.32 Å². The zero-order chi connectivity index (χ0) is 15.1. The van der Waals surface area contributed by atoms with E-state index in [1.807, 2.05) is 0 Å². The molecule has 21 heavy (non-hydrogen) atoms. The van der Waals surface area contributed by atoms with Crippen LogP contribution in [0, 0.1) is 0 Å². The Bertz CT molecular complexity index is 583. The second-order valence-corrected chi connectivity index (χ2v) is 7.30. The van der Waals surface area contributed by atoms with Gasteiger partial charge in [-0.05, 0) is 19.3 Å². The van der Waals surface area contributed by atoms with Crippen LogP contribution in [0.4, 0.5) is 0 Å². The molecule has 0 aromatic heterocycles. The van der Waals surface area contributed by atoms with Crippen molar-refractivity contribution >= 4 is 16.0 Å². The Labute approximate surface area is 123 Å². The van der Waals surface area contributed by atoms with Crippen LogP contribution in [0.1, 0.15) is 32.1 Å². The molecule has 118 valence electrons. The van der Waals surface area contributed by atoms with Crippen LogP contribution in [-0.2, 0) is 28.6 Å². The summed E-state index contributed by atoms with van der Waals surface area (Å²) in [4.78, 5) is 11.5. The first kappa shape index (κ1) is 15.0. The van der Waals surface area contributed by atoms with Crippen LogP contribution in [0.5, 0.6) is 0 Å². The predicted molar refractivity (Wildman–Crippen MR) is 72.6 cm³/mol. The second-order valence-electron chi connectivity index (χ2n) is 5.65. The molecule has 2 heterocycles. The van der Waals surface area contributed by atoms with Crippen molar-refractivity contribution in [3.05, 3.63) is 11.3 Å². The molecule has 2 unspecified atom stereocenters. The Balaban J connectivity index is 1.73. The van der Waals surface area contributed by atoms with E-state index in [0.717, 1.165) is 36.8 Å². The summed E-state index contributed by atoms with van der Waals surface area (Å²) >= 11 is 0. The molecule has 8 heteroatoms. The largest absolute Gasteiger partial charge is 0.343 e. The third-order valence-corrected chi connectivity index (χ3v) is 4.54. The minimum Gasteiger partial charge on any atom is -0.343 e. The molecule has 3 rings (SSSR count). The van der Waals surface area contributed by atoms with Crippen molar-refractivity contribution in [1.82, 2.24) is 5.32 Å². The molecule has 1 aliphatic carbocycles. The highest BCUT2D eigenvalue weighted by atomic mass is 32.2. The maximum absolute atomic E-state index is 11.5. The van der Waals surface area contributed by atoms with Crippen molar-refractivity contribution in [1.29, 1.82) is 0 Å². The maximum atomic E-state index is 11.5. The number of carbonyl (C=O) groups excluding carboxylic acids is 1. The fourth-order valence-corrected chi connectivity index (χ4v) is 3.51. The lowest BCUT2D eigenvalue weighted by atomic mass is 9.85. The van der Waals surface area contributed by atoms with Crippen molar-refractivity contribution in [2.45, 2.75) is 44.0 Å². The van der Waals surface area contributed by atoms with Gasteiger partial charge in [0.15, 0.2) is 5.79 Å². The number of hydrogen-bond acceptors (Lipinski definition) is 6. The Morgan fingerprint density at radius 3 is 2.95 bits per heavy atom. The molecule has 1 amide bonds. The highest BCUT2D eigenvalue weighted by Crippen LogP contribution is 2.44. The summed E-state index contributed by atoms with van der Waals surface area (Å²) in [7, 11) is -3.49. The number of rotatable bonds is 3. The average Bonchev–Trinajstić information content (AvgIpc) is 2.80. The Kier molecular flexibility index (Phi) is 3.81. The second kappa shape index (κ2) is 5.35. The highest BCUT2D eigenvalue weighted by molar-refractivity contribution is 7.85. The van der Waals surface area contributed by atoms with Gasteiger partial charge in [-0.15, -0.1) is 0 Å². The summed E-state index contributed by atoms with van der Waals surface area (Å²) in [6, 6.07) is 0. The lowest BCUT2D eigenvalue weighted by molar-refractivity contribution is -0.154. The van der Waals surface area contributed by atoms with E-state index < -0.39 is 22.0 Å². The number of nitrogens with one attached hydrogen (secondary N) is 1. The van der Waals surface area contributed by atoms with Gasteiger partial charge in [-0.1, -0.05) is 0 Å². The molecular weight excluding hydrogens is 298 g/mol. The van der Waals surface area contributed by atoms with E-state index >= 15 is 0 Å². The van der Waals surface area contributed by atoms with Gasteiger partial charge in [-0.2, -0.15) is 8.42 Å². The first-order valence-corrected chi connectivity index (χ1v) is 8.88. The van der Waals surface area contributed by atoms with Gasteiger partial charge in [-0.25, -0.2) is 0 Å². The van der Waals surface area contributed by atoms with Gasteiger partial charge in [0.1, 0.15) is 6.10 Å². The van der Waals surface area contributed by atoms with Crippen LogP contribution in [0.3, 0.4) is 0 Å². The molecule has 0 saturated carbocycles. The topological polar surface area (TPSA) is 90.9 Å². The van der Waals surface area contributed by atoms with Crippen LogP contribution in [0.15, 0.2) is 11.3 Å². The predicted octanol–water partition coefficient (Wildman–Crippen LogP) is 0.422. The molecule has 3 aliphatic rings. The molecule has 0 aromatic rings. The van der Waals surface area contributed by atoms with Gasteiger partial charge >= 0.3 is 0 Å². The van der Waals surface area contributed by atoms with Crippen molar-refractivity contribution in [2.75, 3.05) is 19.5 Å². The molecule has 2 atom stereocenters. The van der Waals surface area contributed by atoms with Gasteiger partial charge < -0.3 is 14.8 Å². The summed E-state index contributed by atoms with van der Waals surface area (Å²) in [6.45, 7) is 0.246. The summed E-state index contributed by atoms with van der Waals surface area (Å²) in [6.07, 6.45) is 4.05. The number of carbonyl (C=O) groups is 1. The van der Waals surface area contributed by atoms with Gasteiger partial charge in [0.2, 0.25) is 5.91 Å². The van der Waals surface area contributed by atoms with Crippen LogP contribution in [0.25, 0.3) is 0 Å². The van der Waals surface area contributed by atoms with Crippen molar-refractivity contribution in [3.63, 3.8) is 0 Å². The first-order valence-electron chi connectivity index (χ1n) is 7.06. The fourth-order valence-electron chi connectivity index (χ4n) is 3.11. The zero-order valence-electron chi connectivity index (χ0n) is 11.9. The van der Waals surface area contributed by atoms with E-state index in [4.69, 9.17) is 13.7 Å². The molecule has 0 bridgehead atoms. The minimum atomic E-state index is -3.49. The first-order chi connectivity index (χ1) is 9.88. The van der Waals surface area contributed by atoms with E-state index in [1.54, 1.807) is 0 Å². The third-order valence-electron chi connectivity index (χ3n) is 3.98. The van der Waals surface area contributed by atoms with Crippen LogP contribution in [-0.4, -0.2) is 45.7 Å². The van der Waals surface area contributed by atoms with Crippen molar-refractivity contribution in [2.24, 2.45) is 0 Å². The third kappa shape index (κ3) is 3.13. The van der Waals surface area contributed by atoms with Crippen molar-refractivity contribution in [3.8, 4) is 0 Å². The van der Waals surface area contributed by atoms with E-state index in [9.17, 15) is 13.2 Å².